The molecule has 4 N–H and O–H groups in total. The number of hydrogen-bond donors (Lipinski definition) is 4. The molecule has 1 aromatic rings. The quantitative estimate of drug-likeness (QED) is 0.390. The number of aliphatic hydroxyl groups is 4. The maximum absolute atomic E-state index is 10.3. The first-order chi connectivity index (χ1) is 11.1. The van der Waals surface area contributed by atoms with Crippen LogP contribution in [0.5, 0.6) is 5.75 Å². The van der Waals surface area contributed by atoms with Crippen molar-refractivity contribution in [2.45, 2.75) is 50.0 Å². The Morgan fingerprint density at radius 3 is 2.39 bits per heavy atom. The molecule has 1 unspecified atom stereocenters. The van der Waals surface area contributed by atoms with Gasteiger partial charge in [-0.15, -0.1) is 0 Å². The fourth-order valence-corrected chi connectivity index (χ4v) is 2.42. The molecule has 1 saturated heterocycles. The van der Waals surface area contributed by atoms with Crippen molar-refractivity contribution in [1.82, 2.24) is 0 Å². The summed E-state index contributed by atoms with van der Waals surface area (Å²) in [6.45, 7) is -0.500. The van der Waals surface area contributed by atoms with Gasteiger partial charge in [-0.1, -0.05) is 12.1 Å². The Bertz CT molecular complexity index is 488. The number of carbonyl (C=O) groups is 1. The monoisotopic (exact) mass is 326 g/mol. The number of unbranched alkanes of at least 4 members (excludes halogenated alkanes) is 1. The molecule has 23 heavy (non-hydrogen) atoms. The molecule has 0 radical (unpaired) electrons. The molecule has 0 bridgehead atoms. The number of aryl methyl sites for hydroxylation is 1. The minimum Gasteiger partial charge on any atom is -0.462 e. The highest BCUT2D eigenvalue weighted by Crippen LogP contribution is 2.24. The van der Waals surface area contributed by atoms with Gasteiger partial charge >= 0.3 is 0 Å². The Labute approximate surface area is 134 Å². The molecule has 1 aliphatic heterocycles. The van der Waals surface area contributed by atoms with Gasteiger partial charge in [-0.25, -0.2) is 0 Å². The van der Waals surface area contributed by atoms with Gasteiger partial charge in [0.25, 0.3) is 0 Å². The molecule has 0 amide bonds. The summed E-state index contributed by atoms with van der Waals surface area (Å²) in [6, 6.07) is 7.06. The van der Waals surface area contributed by atoms with Crippen LogP contribution < -0.4 is 4.74 Å². The van der Waals surface area contributed by atoms with E-state index in [0.29, 0.717) is 12.2 Å². The minimum absolute atomic E-state index is 0.425. The molecule has 2 rings (SSSR count). The van der Waals surface area contributed by atoms with E-state index >= 15 is 0 Å². The zero-order valence-corrected chi connectivity index (χ0v) is 12.6. The number of benzene rings is 1. The number of hydrogen-bond acceptors (Lipinski definition) is 7. The van der Waals surface area contributed by atoms with Crippen molar-refractivity contribution >= 4 is 6.29 Å². The molecular weight excluding hydrogens is 304 g/mol. The van der Waals surface area contributed by atoms with Crippen LogP contribution in [-0.4, -0.2) is 64.0 Å². The van der Waals surface area contributed by atoms with Crippen molar-refractivity contribution in [1.29, 1.82) is 0 Å². The third-order valence-corrected chi connectivity index (χ3v) is 3.81. The average Bonchev–Trinajstić information content (AvgIpc) is 2.57. The van der Waals surface area contributed by atoms with Crippen molar-refractivity contribution in [2.75, 3.05) is 6.61 Å². The SMILES string of the molecule is O=CCCCc1ccc(OC2O[C@H](CO)[C@@H](O)[C@H](O)[C@H]2O)cc1. The van der Waals surface area contributed by atoms with E-state index in [1.807, 2.05) is 12.1 Å². The Hall–Kier alpha value is -1.51. The summed E-state index contributed by atoms with van der Waals surface area (Å²) in [5.41, 5.74) is 1.05. The molecule has 0 saturated carbocycles. The number of rotatable bonds is 7. The standard InChI is InChI=1S/C16H22O7/c17-8-2-1-3-10-4-6-11(7-5-10)22-16-15(21)14(20)13(19)12(9-18)23-16/h4-8,12-16,18-21H,1-3,9H2/t12-,13-,14+,15-,16?/m1/s1. The summed E-state index contributed by atoms with van der Waals surface area (Å²) in [7, 11) is 0. The molecule has 1 fully saturated rings. The van der Waals surface area contributed by atoms with E-state index in [0.717, 1.165) is 24.7 Å². The highest BCUT2D eigenvalue weighted by Gasteiger charge is 2.44. The van der Waals surface area contributed by atoms with E-state index < -0.39 is 37.3 Å². The molecular formula is C16H22O7. The van der Waals surface area contributed by atoms with Crippen LogP contribution in [0.1, 0.15) is 18.4 Å². The molecule has 1 heterocycles. The molecule has 5 atom stereocenters. The zero-order chi connectivity index (χ0) is 16.8. The topological polar surface area (TPSA) is 116 Å². The van der Waals surface area contributed by atoms with E-state index in [1.165, 1.54) is 0 Å². The first-order valence-corrected chi connectivity index (χ1v) is 7.56. The lowest BCUT2D eigenvalue weighted by Gasteiger charge is -2.39. The number of aliphatic hydroxyl groups excluding tert-OH is 4. The van der Waals surface area contributed by atoms with Crippen molar-refractivity contribution in [3.05, 3.63) is 29.8 Å². The lowest BCUT2D eigenvalue weighted by atomic mass is 9.99. The summed E-state index contributed by atoms with van der Waals surface area (Å²) in [5.74, 6) is 0.425. The molecule has 1 aromatic carbocycles. The van der Waals surface area contributed by atoms with E-state index in [-0.39, 0.29) is 0 Å². The highest BCUT2D eigenvalue weighted by atomic mass is 16.7. The predicted octanol–water partition coefficient (Wildman–Crippen LogP) is -0.613. The Balaban J connectivity index is 1.96. The van der Waals surface area contributed by atoms with E-state index in [1.54, 1.807) is 12.1 Å². The van der Waals surface area contributed by atoms with Gasteiger partial charge < -0.3 is 34.7 Å². The fraction of sp³-hybridized carbons (Fsp3) is 0.562. The number of ether oxygens (including phenoxy) is 2. The Morgan fingerprint density at radius 2 is 1.78 bits per heavy atom. The Kier molecular flexibility index (Phi) is 6.49. The summed E-state index contributed by atoms with van der Waals surface area (Å²) >= 11 is 0. The average molecular weight is 326 g/mol. The van der Waals surface area contributed by atoms with Gasteiger partial charge in [0.1, 0.15) is 36.5 Å². The van der Waals surface area contributed by atoms with Gasteiger partial charge in [-0.05, 0) is 30.5 Å². The zero-order valence-electron chi connectivity index (χ0n) is 12.6. The van der Waals surface area contributed by atoms with E-state index in [9.17, 15) is 20.1 Å². The largest absolute Gasteiger partial charge is 0.462 e. The molecule has 7 nitrogen and oxygen atoms in total. The van der Waals surface area contributed by atoms with Crippen molar-refractivity contribution in [3.8, 4) is 5.75 Å². The second-order valence-corrected chi connectivity index (χ2v) is 5.52. The van der Waals surface area contributed by atoms with Crippen LogP contribution in [0, 0.1) is 0 Å². The normalized spacial score (nSPS) is 30.9. The number of aldehydes is 1. The van der Waals surface area contributed by atoms with Crippen LogP contribution in [0.2, 0.25) is 0 Å². The van der Waals surface area contributed by atoms with Gasteiger partial charge in [0, 0.05) is 6.42 Å². The van der Waals surface area contributed by atoms with Gasteiger partial charge in [0.2, 0.25) is 6.29 Å². The molecule has 0 aromatic heterocycles. The second kappa shape index (κ2) is 8.37. The van der Waals surface area contributed by atoms with Gasteiger partial charge in [-0.2, -0.15) is 0 Å². The predicted molar refractivity (Wildman–Crippen MR) is 79.8 cm³/mol. The smallest absolute Gasteiger partial charge is 0.229 e. The molecule has 128 valence electrons. The Morgan fingerprint density at radius 1 is 1.09 bits per heavy atom. The summed E-state index contributed by atoms with van der Waals surface area (Å²) < 4.78 is 10.8. The minimum atomic E-state index is -1.46. The molecule has 1 aliphatic rings. The van der Waals surface area contributed by atoms with Crippen LogP contribution in [0.4, 0.5) is 0 Å². The van der Waals surface area contributed by atoms with Crippen LogP contribution in [-0.2, 0) is 16.0 Å². The fourth-order valence-electron chi connectivity index (χ4n) is 2.42. The molecule has 7 heteroatoms. The third kappa shape index (κ3) is 4.49. The lowest BCUT2D eigenvalue weighted by Crippen LogP contribution is -2.60. The van der Waals surface area contributed by atoms with Crippen molar-refractivity contribution in [3.63, 3.8) is 0 Å². The summed E-state index contributed by atoms with van der Waals surface area (Å²) in [6.07, 6.45) is -3.54. The van der Waals surface area contributed by atoms with Crippen LogP contribution in [0.3, 0.4) is 0 Å². The highest BCUT2D eigenvalue weighted by molar-refractivity contribution is 5.49. The molecule has 0 aliphatic carbocycles. The summed E-state index contributed by atoms with van der Waals surface area (Å²) in [4.78, 5) is 10.3. The second-order valence-electron chi connectivity index (χ2n) is 5.52. The van der Waals surface area contributed by atoms with Crippen LogP contribution in [0.15, 0.2) is 24.3 Å². The maximum Gasteiger partial charge on any atom is 0.229 e. The molecule has 0 spiro atoms. The summed E-state index contributed by atoms with van der Waals surface area (Å²) in [5, 5.41) is 38.5. The van der Waals surface area contributed by atoms with Gasteiger partial charge in [0.05, 0.1) is 6.61 Å². The van der Waals surface area contributed by atoms with E-state index in [4.69, 9.17) is 14.6 Å². The first kappa shape index (κ1) is 17.8. The first-order valence-electron chi connectivity index (χ1n) is 7.56. The van der Waals surface area contributed by atoms with E-state index in [2.05, 4.69) is 0 Å². The third-order valence-electron chi connectivity index (χ3n) is 3.81. The van der Waals surface area contributed by atoms with Crippen LogP contribution >= 0.6 is 0 Å². The van der Waals surface area contributed by atoms with Crippen molar-refractivity contribution in [2.24, 2.45) is 0 Å². The lowest BCUT2D eigenvalue weighted by molar-refractivity contribution is -0.277. The number of carbonyl (C=O) groups excluding carboxylic acids is 1. The van der Waals surface area contributed by atoms with Gasteiger partial charge in [-0.3, -0.25) is 0 Å². The van der Waals surface area contributed by atoms with Crippen molar-refractivity contribution < 1.29 is 34.7 Å². The maximum atomic E-state index is 10.3. The van der Waals surface area contributed by atoms with Gasteiger partial charge in [0.15, 0.2) is 0 Å². The van der Waals surface area contributed by atoms with Crippen LogP contribution in [0.25, 0.3) is 0 Å².